The number of aliphatic hydroxyl groups excluding tert-OH is 1. The topological polar surface area (TPSA) is 60.9 Å². The van der Waals surface area contributed by atoms with Gasteiger partial charge in [0, 0.05) is 44.8 Å². The van der Waals surface area contributed by atoms with E-state index >= 15 is 0 Å². The second-order valence-corrected chi connectivity index (χ2v) is 7.73. The van der Waals surface area contributed by atoms with Crippen molar-refractivity contribution < 1.29 is 14.7 Å². The first-order chi connectivity index (χ1) is 10.5. The Bertz CT molecular complexity index is 406. The number of hydrogen-bond donors (Lipinski definition) is 1. The second-order valence-electron chi connectivity index (χ2n) is 6.75. The summed E-state index contributed by atoms with van der Waals surface area (Å²) >= 11 is 1.71. The van der Waals surface area contributed by atoms with Crippen molar-refractivity contribution in [3.05, 3.63) is 0 Å². The van der Waals surface area contributed by atoms with Gasteiger partial charge >= 0.3 is 0 Å². The van der Waals surface area contributed by atoms with Crippen LogP contribution >= 0.6 is 11.8 Å². The van der Waals surface area contributed by atoms with E-state index in [1.807, 2.05) is 16.1 Å². The summed E-state index contributed by atoms with van der Waals surface area (Å²) in [4.78, 5) is 27.9. The van der Waals surface area contributed by atoms with E-state index in [4.69, 9.17) is 0 Å². The molecule has 0 aromatic heterocycles. The summed E-state index contributed by atoms with van der Waals surface area (Å²) in [6, 6.07) is 0. The third kappa shape index (κ3) is 4.38. The van der Waals surface area contributed by atoms with E-state index in [0.29, 0.717) is 19.4 Å². The number of β-amino-alcohol motifs (C(OH)–C–C–N with tert-alkyl or cyclic N) is 1. The molecule has 22 heavy (non-hydrogen) atoms. The zero-order valence-corrected chi connectivity index (χ0v) is 14.5. The second kappa shape index (κ2) is 7.68. The molecular weight excluding hydrogens is 300 g/mol. The summed E-state index contributed by atoms with van der Waals surface area (Å²) in [5.74, 6) is 1.30. The fourth-order valence-corrected chi connectivity index (χ4v) is 3.95. The van der Waals surface area contributed by atoms with Gasteiger partial charge in [0.05, 0.1) is 6.10 Å². The third-order valence-corrected chi connectivity index (χ3v) is 5.54. The number of aliphatic hydroxyl groups is 1. The molecular formula is C16H28N2O3S. The molecule has 126 valence electrons. The predicted octanol–water partition coefficient (Wildman–Crippen LogP) is 1.35. The van der Waals surface area contributed by atoms with Crippen LogP contribution < -0.4 is 0 Å². The molecule has 0 bridgehead atoms. The Hall–Kier alpha value is -0.750. The van der Waals surface area contributed by atoms with Crippen LogP contribution in [-0.4, -0.2) is 71.0 Å². The normalized spacial score (nSPS) is 23.0. The molecule has 0 aliphatic carbocycles. The van der Waals surface area contributed by atoms with Gasteiger partial charge in [-0.05, 0) is 37.9 Å². The van der Waals surface area contributed by atoms with Crippen molar-refractivity contribution in [1.29, 1.82) is 0 Å². The first-order valence-corrected chi connectivity index (χ1v) is 9.58. The molecule has 0 saturated carbocycles. The molecule has 2 saturated heterocycles. The predicted molar refractivity (Wildman–Crippen MR) is 88.7 cm³/mol. The highest BCUT2D eigenvalue weighted by molar-refractivity contribution is 7.98. The van der Waals surface area contributed by atoms with Crippen LogP contribution in [0.2, 0.25) is 0 Å². The summed E-state index contributed by atoms with van der Waals surface area (Å²) in [5.41, 5.74) is 0.152. The summed E-state index contributed by atoms with van der Waals surface area (Å²) < 4.78 is 0. The van der Waals surface area contributed by atoms with Gasteiger partial charge in [0.25, 0.3) is 0 Å². The van der Waals surface area contributed by atoms with Gasteiger partial charge in [0.1, 0.15) is 0 Å². The van der Waals surface area contributed by atoms with Gasteiger partial charge < -0.3 is 14.9 Å². The Labute approximate surface area is 137 Å². The lowest BCUT2D eigenvalue weighted by molar-refractivity contribution is -0.143. The Morgan fingerprint density at radius 3 is 2.64 bits per heavy atom. The van der Waals surface area contributed by atoms with Crippen molar-refractivity contribution in [2.75, 3.05) is 38.2 Å². The molecule has 0 aromatic rings. The molecule has 1 unspecified atom stereocenters. The lowest BCUT2D eigenvalue weighted by Gasteiger charge is -2.47. The molecule has 6 heteroatoms. The molecule has 0 radical (unpaired) electrons. The number of piperidine rings is 2. The highest BCUT2D eigenvalue weighted by Gasteiger charge is 2.41. The largest absolute Gasteiger partial charge is 0.392 e. The van der Waals surface area contributed by atoms with Crippen LogP contribution in [0.5, 0.6) is 0 Å². The smallest absolute Gasteiger partial charge is 0.223 e. The van der Waals surface area contributed by atoms with Crippen molar-refractivity contribution in [2.45, 2.75) is 45.1 Å². The molecule has 2 amide bonds. The molecule has 2 aliphatic rings. The van der Waals surface area contributed by atoms with Crippen LogP contribution in [0.4, 0.5) is 0 Å². The Morgan fingerprint density at radius 2 is 2.05 bits per heavy atom. The van der Waals surface area contributed by atoms with Crippen LogP contribution in [0.3, 0.4) is 0 Å². The molecule has 1 atom stereocenters. The Kier molecular flexibility index (Phi) is 6.15. The molecule has 2 heterocycles. The minimum atomic E-state index is -0.479. The molecule has 1 spiro atoms. The van der Waals surface area contributed by atoms with Crippen molar-refractivity contribution >= 4 is 23.6 Å². The van der Waals surface area contributed by atoms with Gasteiger partial charge in [0.15, 0.2) is 0 Å². The fraction of sp³-hybridized carbons (Fsp3) is 0.875. The van der Waals surface area contributed by atoms with Gasteiger partial charge in [0.2, 0.25) is 11.8 Å². The van der Waals surface area contributed by atoms with Crippen molar-refractivity contribution in [3.63, 3.8) is 0 Å². The maximum absolute atomic E-state index is 12.1. The van der Waals surface area contributed by atoms with Crippen LogP contribution in [0.25, 0.3) is 0 Å². The van der Waals surface area contributed by atoms with Crippen molar-refractivity contribution in [2.24, 2.45) is 5.41 Å². The first kappa shape index (κ1) is 17.6. The summed E-state index contributed by atoms with van der Waals surface area (Å²) in [7, 11) is 0. The highest BCUT2D eigenvalue weighted by Crippen LogP contribution is 2.40. The van der Waals surface area contributed by atoms with Gasteiger partial charge in [-0.15, -0.1) is 0 Å². The zero-order valence-electron chi connectivity index (χ0n) is 13.7. The van der Waals surface area contributed by atoms with Gasteiger partial charge in [-0.3, -0.25) is 9.59 Å². The van der Waals surface area contributed by atoms with E-state index in [0.717, 1.165) is 44.6 Å². The number of likely N-dealkylation sites (tertiary alicyclic amines) is 2. The van der Waals surface area contributed by atoms with Gasteiger partial charge in [-0.2, -0.15) is 11.8 Å². The lowest BCUT2D eigenvalue weighted by Crippen LogP contribution is -2.53. The first-order valence-electron chi connectivity index (χ1n) is 8.18. The van der Waals surface area contributed by atoms with Gasteiger partial charge in [-0.1, -0.05) is 0 Å². The number of amides is 2. The number of rotatable bonds is 5. The minimum Gasteiger partial charge on any atom is -0.392 e. The maximum Gasteiger partial charge on any atom is 0.223 e. The molecule has 2 fully saturated rings. The number of nitrogens with zero attached hydrogens (tertiary/aromatic N) is 2. The van der Waals surface area contributed by atoms with E-state index in [1.54, 1.807) is 18.7 Å². The third-order valence-electron chi connectivity index (χ3n) is 4.93. The fourth-order valence-electron chi connectivity index (χ4n) is 3.57. The molecule has 2 rings (SSSR count). The molecule has 1 N–H and O–H groups in total. The summed E-state index contributed by atoms with van der Waals surface area (Å²) in [6.07, 6.45) is 5.62. The van der Waals surface area contributed by atoms with Crippen LogP contribution in [-0.2, 0) is 9.59 Å². The van der Waals surface area contributed by atoms with E-state index in [1.165, 1.54) is 0 Å². The average molecular weight is 328 g/mol. The van der Waals surface area contributed by atoms with E-state index in [-0.39, 0.29) is 17.2 Å². The minimum absolute atomic E-state index is 0.152. The number of hydrogen-bond acceptors (Lipinski definition) is 4. The standard InChI is InChI=1S/C16H28N2O3S/c1-13(19)11-18-12-16(5-3-14(18)20)6-8-17(9-7-16)15(21)4-10-22-2/h13,19H,3-12H2,1-2H3. The zero-order chi connectivity index (χ0) is 16.2. The molecule has 0 aromatic carbocycles. The van der Waals surface area contributed by atoms with Crippen LogP contribution in [0, 0.1) is 5.41 Å². The van der Waals surface area contributed by atoms with Crippen LogP contribution in [0.15, 0.2) is 0 Å². The molecule has 5 nitrogen and oxygen atoms in total. The van der Waals surface area contributed by atoms with Crippen LogP contribution in [0.1, 0.15) is 39.0 Å². The quantitative estimate of drug-likeness (QED) is 0.828. The molecule has 2 aliphatic heterocycles. The number of carbonyl (C=O) groups is 2. The monoisotopic (exact) mass is 328 g/mol. The lowest BCUT2D eigenvalue weighted by atomic mass is 9.72. The Morgan fingerprint density at radius 1 is 1.36 bits per heavy atom. The highest BCUT2D eigenvalue weighted by atomic mass is 32.2. The Balaban J connectivity index is 1.89. The maximum atomic E-state index is 12.1. The van der Waals surface area contributed by atoms with E-state index in [2.05, 4.69) is 0 Å². The summed E-state index contributed by atoms with van der Waals surface area (Å²) in [6.45, 7) is 4.51. The van der Waals surface area contributed by atoms with Crippen molar-refractivity contribution in [3.8, 4) is 0 Å². The average Bonchev–Trinajstić information content (AvgIpc) is 2.49. The van der Waals surface area contributed by atoms with E-state index < -0.39 is 6.10 Å². The van der Waals surface area contributed by atoms with Gasteiger partial charge in [-0.25, -0.2) is 0 Å². The van der Waals surface area contributed by atoms with Crippen molar-refractivity contribution in [1.82, 2.24) is 9.80 Å². The summed E-state index contributed by atoms with van der Waals surface area (Å²) in [5, 5.41) is 9.56. The van der Waals surface area contributed by atoms with E-state index in [9.17, 15) is 14.7 Å². The number of carbonyl (C=O) groups excluding carboxylic acids is 2. The number of thioether (sulfide) groups is 1. The SMILES string of the molecule is CSCCC(=O)N1CCC2(CCC(=O)N(CC(C)O)C2)CC1.